The first-order valence-electron chi connectivity index (χ1n) is 5.56. The lowest BCUT2D eigenvalue weighted by atomic mass is 10.0. The summed E-state index contributed by atoms with van der Waals surface area (Å²) in [5.74, 6) is -0.965. The summed E-state index contributed by atoms with van der Waals surface area (Å²) in [4.78, 5) is 4.32. The molecule has 4 heteroatoms. The third kappa shape index (κ3) is 1.54. The number of imidazole rings is 1. The van der Waals surface area contributed by atoms with E-state index in [2.05, 4.69) is 4.98 Å². The highest BCUT2D eigenvalue weighted by molar-refractivity contribution is 5.92. The highest BCUT2D eigenvalue weighted by Gasteiger charge is 2.09. The van der Waals surface area contributed by atoms with E-state index in [0.29, 0.717) is 5.56 Å². The van der Waals surface area contributed by atoms with Gasteiger partial charge in [-0.2, -0.15) is 0 Å². The van der Waals surface area contributed by atoms with Crippen LogP contribution in [0.2, 0.25) is 0 Å². The van der Waals surface area contributed by atoms with Crippen LogP contribution >= 0.6 is 0 Å². The SMILES string of the molecule is Cn1cnc2c(-c3ccc(O)c(F)c3)cccc21. The van der Waals surface area contributed by atoms with Crippen LogP contribution in [0.25, 0.3) is 22.2 Å². The molecule has 0 saturated heterocycles. The molecule has 3 nitrogen and oxygen atoms in total. The first kappa shape index (κ1) is 10.8. The van der Waals surface area contributed by atoms with Gasteiger partial charge in [-0.3, -0.25) is 0 Å². The van der Waals surface area contributed by atoms with E-state index in [9.17, 15) is 9.50 Å². The van der Waals surface area contributed by atoms with Gasteiger partial charge in [-0.15, -0.1) is 0 Å². The van der Waals surface area contributed by atoms with Crippen molar-refractivity contribution in [1.29, 1.82) is 0 Å². The summed E-state index contributed by atoms with van der Waals surface area (Å²) in [6.45, 7) is 0. The van der Waals surface area contributed by atoms with E-state index in [1.54, 1.807) is 12.4 Å². The zero-order chi connectivity index (χ0) is 12.7. The molecule has 0 saturated carbocycles. The Labute approximate surface area is 103 Å². The topological polar surface area (TPSA) is 38.0 Å². The molecule has 0 aliphatic rings. The predicted molar refractivity (Wildman–Crippen MR) is 67.8 cm³/mol. The molecule has 1 N–H and O–H groups in total. The van der Waals surface area contributed by atoms with Crippen molar-refractivity contribution in [3.05, 3.63) is 48.5 Å². The van der Waals surface area contributed by atoms with Crippen molar-refractivity contribution < 1.29 is 9.50 Å². The van der Waals surface area contributed by atoms with Gasteiger partial charge in [0.25, 0.3) is 0 Å². The molecule has 18 heavy (non-hydrogen) atoms. The summed E-state index contributed by atoms with van der Waals surface area (Å²) < 4.78 is 15.3. The average Bonchev–Trinajstić information content (AvgIpc) is 2.75. The Hall–Kier alpha value is -2.36. The Kier molecular flexibility index (Phi) is 2.30. The lowest BCUT2D eigenvalue weighted by molar-refractivity contribution is 0.432. The first-order chi connectivity index (χ1) is 8.66. The van der Waals surface area contributed by atoms with Gasteiger partial charge in [-0.1, -0.05) is 18.2 Å². The number of hydrogen-bond acceptors (Lipinski definition) is 2. The average molecular weight is 242 g/mol. The molecule has 0 amide bonds. The Morgan fingerprint density at radius 2 is 2.06 bits per heavy atom. The number of aromatic nitrogens is 2. The Morgan fingerprint density at radius 1 is 1.22 bits per heavy atom. The summed E-state index contributed by atoms with van der Waals surface area (Å²) in [7, 11) is 1.91. The normalized spacial score (nSPS) is 11.0. The van der Waals surface area contributed by atoms with E-state index < -0.39 is 5.82 Å². The van der Waals surface area contributed by atoms with Gasteiger partial charge >= 0.3 is 0 Å². The number of phenolic OH excluding ortho intramolecular Hbond substituents is 1. The molecule has 0 unspecified atom stereocenters. The zero-order valence-electron chi connectivity index (χ0n) is 9.76. The summed E-state index contributed by atoms with van der Waals surface area (Å²) in [6.07, 6.45) is 1.73. The molecule has 1 heterocycles. The summed E-state index contributed by atoms with van der Waals surface area (Å²) in [6, 6.07) is 10.1. The van der Waals surface area contributed by atoms with E-state index in [1.807, 2.05) is 29.8 Å². The molecule has 0 radical (unpaired) electrons. The fourth-order valence-corrected chi connectivity index (χ4v) is 2.07. The number of benzene rings is 2. The van der Waals surface area contributed by atoms with Gasteiger partial charge in [0.1, 0.15) is 0 Å². The van der Waals surface area contributed by atoms with Crippen molar-refractivity contribution in [2.75, 3.05) is 0 Å². The van der Waals surface area contributed by atoms with Gasteiger partial charge in [0.05, 0.1) is 17.4 Å². The third-order valence-electron chi connectivity index (χ3n) is 3.01. The summed E-state index contributed by atoms with van der Waals surface area (Å²) in [5.41, 5.74) is 3.37. The molecule has 90 valence electrons. The maximum absolute atomic E-state index is 13.4. The van der Waals surface area contributed by atoms with E-state index >= 15 is 0 Å². The van der Waals surface area contributed by atoms with Crippen molar-refractivity contribution in [1.82, 2.24) is 9.55 Å². The summed E-state index contributed by atoms with van der Waals surface area (Å²) >= 11 is 0. The van der Waals surface area contributed by atoms with Crippen LogP contribution < -0.4 is 0 Å². The number of hydrogen-bond donors (Lipinski definition) is 1. The maximum Gasteiger partial charge on any atom is 0.165 e. The van der Waals surface area contributed by atoms with E-state index in [4.69, 9.17) is 0 Å². The number of phenols is 1. The molecule has 1 aromatic heterocycles. The monoisotopic (exact) mass is 242 g/mol. The van der Waals surface area contributed by atoms with Crippen LogP contribution in [-0.4, -0.2) is 14.7 Å². The van der Waals surface area contributed by atoms with Crippen LogP contribution in [0.5, 0.6) is 5.75 Å². The lowest BCUT2D eigenvalue weighted by Crippen LogP contribution is -1.86. The van der Waals surface area contributed by atoms with Gasteiger partial charge in [0.15, 0.2) is 11.6 Å². The molecule has 2 aromatic carbocycles. The van der Waals surface area contributed by atoms with Crippen LogP contribution in [0.1, 0.15) is 0 Å². The number of aryl methyl sites for hydroxylation is 1. The van der Waals surface area contributed by atoms with Crippen molar-refractivity contribution in [3.8, 4) is 16.9 Å². The molecule has 3 rings (SSSR count). The highest BCUT2D eigenvalue weighted by Crippen LogP contribution is 2.29. The van der Waals surface area contributed by atoms with Gasteiger partial charge in [-0.05, 0) is 23.8 Å². The molecule has 0 aliphatic heterocycles. The standard InChI is InChI=1S/C14H11FN2O/c1-17-8-16-14-10(3-2-4-12(14)17)9-5-6-13(18)11(15)7-9/h2-8,18H,1H3. The largest absolute Gasteiger partial charge is 0.505 e. The minimum absolute atomic E-state index is 0.341. The van der Waals surface area contributed by atoms with Crippen molar-refractivity contribution in [2.45, 2.75) is 0 Å². The van der Waals surface area contributed by atoms with E-state index in [-0.39, 0.29) is 5.75 Å². The quantitative estimate of drug-likeness (QED) is 0.712. The van der Waals surface area contributed by atoms with Gasteiger partial charge < -0.3 is 9.67 Å². The minimum Gasteiger partial charge on any atom is -0.505 e. The first-order valence-corrected chi connectivity index (χ1v) is 5.56. The summed E-state index contributed by atoms with van der Waals surface area (Å²) in [5, 5.41) is 9.21. The molecule has 0 atom stereocenters. The molecular formula is C14H11FN2O. The Morgan fingerprint density at radius 3 is 2.83 bits per heavy atom. The van der Waals surface area contributed by atoms with Gasteiger partial charge in [0.2, 0.25) is 0 Å². The molecular weight excluding hydrogens is 231 g/mol. The second kappa shape index (κ2) is 3.84. The Balaban J connectivity index is 2.28. The molecule has 3 aromatic rings. The van der Waals surface area contributed by atoms with Gasteiger partial charge in [0, 0.05) is 12.6 Å². The number of para-hydroxylation sites is 1. The fraction of sp³-hybridized carbons (Fsp3) is 0.0714. The predicted octanol–water partition coefficient (Wildman–Crippen LogP) is 3.09. The van der Waals surface area contributed by atoms with Crippen LogP contribution in [-0.2, 0) is 7.05 Å². The molecule has 0 fully saturated rings. The number of fused-ring (bicyclic) bond motifs is 1. The second-order valence-electron chi connectivity index (χ2n) is 4.19. The van der Waals surface area contributed by atoms with E-state index in [1.165, 1.54) is 12.1 Å². The smallest absolute Gasteiger partial charge is 0.165 e. The number of halogens is 1. The molecule has 0 spiro atoms. The fourth-order valence-electron chi connectivity index (χ4n) is 2.07. The van der Waals surface area contributed by atoms with Crippen LogP contribution in [0.4, 0.5) is 4.39 Å². The maximum atomic E-state index is 13.4. The number of rotatable bonds is 1. The van der Waals surface area contributed by atoms with Crippen molar-refractivity contribution in [3.63, 3.8) is 0 Å². The second-order valence-corrected chi connectivity index (χ2v) is 4.19. The third-order valence-corrected chi connectivity index (χ3v) is 3.01. The van der Waals surface area contributed by atoms with Crippen LogP contribution in [0.15, 0.2) is 42.7 Å². The van der Waals surface area contributed by atoms with Crippen molar-refractivity contribution in [2.24, 2.45) is 7.05 Å². The van der Waals surface area contributed by atoms with Crippen LogP contribution in [0.3, 0.4) is 0 Å². The van der Waals surface area contributed by atoms with Crippen LogP contribution in [0, 0.1) is 5.82 Å². The van der Waals surface area contributed by atoms with E-state index in [0.717, 1.165) is 16.6 Å². The molecule has 0 aliphatic carbocycles. The van der Waals surface area contributed by atoms with Gasteiger partial charge in [-0.25, -0.2) is 9.37 Å². The number of aromatic hydroxyl groups is 1. The van der Waals surface area contributed by atoms with Crippen molar-refractivity contribution >= 4 is 11.0 Å². The molecule has 0 bridgehead atoms. The minimum atomic E-state index is -0.625. The zero-order valence-corrected chi connectivity index (χ0v) is 9.76. The lowest BCUT2D eigenvalue weighted by Gasteiger charge is -2.04. The number of nitrogens with zero attached hydrogens (tertiary/aromatic N) is 2. The Bertz CT molecular complexity index is 734. The highest BCUT2D eigenvalue weighted by atomic mass is 19.1.